The second-order valence-electron chi connectivity index (χ2n) is 3.37. The lowest BCUT2D eigenvalue weighted by atomic mass is 10.1. The number of nitrogens with two attached hydrogens (primary N) is 1. The summed E-state index contributed by atoms with van der Waals surface area (Å²) in [5.41, 5.74) is 5.37. The number of unbranched alkanes of at least 4 members (excludes halogenated alkanes) is 1. The fourth-order valence-electron chi connectivity index (χ4n) is 1.31. The van der Waals surface area contributed by atoms with E-state index in [1.54, 1.807) is 6.92 Å². The van der Waals surface area contributed by atoms with Crippen molar-refractivity contribution in [3.05, 3.63) is 0 Å². The molecular formula is C9H20N2O. The van der Waals surface area contributed by atoms with Crippen LogP contribution in [-0.4, -0.2) is 37.4 Å². The molecule has 2 N–H and O–H groups in total. The van der Waals surface area contributed by atoms with Gasteiger partial charge >= 0.3 is 0 Å². The molecule has 0 aromatic heterocycles. The summed E-state index contributed by atoms with van der Waals surface area (Å²) in [4.78, 5) is 13.1. The molecule has 0 radical (unpaired) electrons. The largest absolute Gasteiger partial charge is 0.330 e. The molecule has 0 spiro atoms. The predicted molar refractivity (Wildman–Crippen MR) is 51.1 cm³/mol. The van der Waals surface area contributed by atoms with Crippen LogP contribution in [0.15, 0.2) is 0 Å². The Kier molecular flexibility index (Phi) is 5.93. The van der Waals surface area contributed by atoms with Crippen LogP contribution in [0.25, 0.3) is 0 Å². The topological polar surface area (TPSA) is 46.3 Å². The van der Waals surface area contributed by atoms with Crippen molar-refractivity contribution in [1.29, 1.82) is 0 Å². The quantitative estimate of drug-likeness (QED) is 0.598. The van der Waals surface area contributed by atoms with Gasteiger partial charge in [-0.3, -0.25) is 9.69 Å². The normalized spacial score (nSPS) is 13.4. The summed E-state index contributed by atoms with van der Waals surface area (Å²) in [6.45, 7) is 2.37. The first-order chi connectivity index (χ1) is 5.59. The molecule has 0 aliphatic heterocycles. The highest BCUT2D eigenvalue weighted by Gasteiger charge is 2.14. The van der Waals surface area contributed by atoms with E-state index in [2.05, 4.69) is 0 Å². The van der Waals surface area contributed by atoms with Gasteiger partial charge in [0, 0.05) is 0 Å². The van der Waals surface area contributed by atoms with Gasteiger partial charge < -0.3 is 5.73 Å². The SMILES string of the molecule is CC(=O)[C@@H](CCCCN)N(C)C. The van der Waals surface area contributed by atoms with E-state index in [1.165, 1.54) is 0 Å². The Hall–Kier alpha value is -0.410. The minimum absolute atomic E-state index is 0.0801. The number of carbonyl (C=O) groups excluding carboxylic acids is 1. The average Bonchev–Trinajstić information content (AvgIpc) is 1.96. The lowest BCUT2D eigenvalue weighted by Gasteiger charge is -2.21. The van der Waals surface area contributed by atoms with Crippen molar-refractivity contribution in [2.24, 2.45) is 5.73 Å². The second kappa shape index (κ2) is 6.14. The van der Waals surface area contributed by atoms with Gasteiger partial charge in [-0.1, -0.05) is 6.42 Å². The number of hydrogen-bond acceptors (Lipinski definition) is 3. The lowest BCUT2D eigenvalue weighted by molar-refractivity contribution is -0.121. The van der Waals surface area contributed by atoms with Crippen LogP contribution in [0, 0.1) is 0 Å². The van der Waals surface area contributed by atoms with Crippen molar-refractivity contribution < 1.29 is 4.79 Å². The summed E-state index contributed by atoms with van der Waals surface area (Å²) in [6.07, 6.45) is 2.98. The molecule has 0 aromatic rings. The summed E-state index contributed by atoms with van der Waals surface area (Å²) < 4.78 is 0. The van der Waals surface area contributed by atoms with Gasteiger partial charge in [0.05, 0.1) is 6.04 Å². The molecule has 3 heteroatoms. The fourth-order valence-corrected chi connectivity index (χ4v) is 1.31. The molecule has 12 heavy (non-hydrogen) atoms. The van der Waals surface area contributed by atoms with Crippen molar-refractivity contribution in [3.8, 4) is 0 Å². The van der Waals surface area contributed by atoms with E-state index in [-0.39, 0.29) is 11.8 Å². The Labute approximate surface area is 74.9 Å². The molecule has 1 atom stereocenters. The standard InChI is InChI=1S/C9H20N2O/c1-8(12)9(11(2)3)6-4-5-7-10/h9H,4-7,10H2,1-3H3/t9-/m1/s1. The number of Topliss-reactive ketones (excluding diaryl/α,β-unsaturated/α-hetero) is 1. The molecule has 0 rings (SSSR count). The molecule has 0 heterocycles. The Balaban J connectivity index is 3.72. The van der Waals surface area contributed by atoms with Gasteiger partial charge in [-0.05, 0) is 40.4 Å². The Morgan fingerprint density at radius 3 is 2.33 bits per heavy atom. The zero-order chi connectivity index (χ0) is 9.56. The van der Waals surface area contributed by atoms with Crippen molar-refractivity contribution in [2.45, 2.75) is 32.2 Å². The van der Waals surface area contributed by atoms with Gasteiger partial charge in [0.25, 0.3) is 0 Å². The van der Waals surface area contributed by atoms with E-state index >= 15 is 0 Å². The predicted octanol–water partition coefficient (Wildman–Crippen LogP) is 0.635. The minimum atomic E-state index is 0.0801. The van der Waals surface area contributed by atoms with Gasteiger partial charge in [-0.15, -0.1) is 0 Å². The van der Waals surface area contributed by atoms with Gasteiger partial charge in [0.1, 0.15) is 5.78 Å². The first kappa shape index (κ1) is 11.6. The maximum Gasteiger partial charge on any atom is 0.146 e. The molecule has 0 aromatic carbocycles. The van der Waals surface area contributed by atoms with Crippen LogP contribution >= 0.6 is 0 Å². The molecule has 0 aliphatic carbocycles. The van der Waals surface area contributed by atoms with Crippen LogP contribution in [-0.2, 0) is 4.79 Å². The van der Waals surface area contributed by atoms with Crippen molar-refractivity contribution in [2.75, 3.05) is 20.6 Å². The number of carbonyl (C=O) groups is 1. The highest BCUT2D eigenvalue weighted by atomic mass is 16.1. The van der Waals surface area contributed by atoms with E-state index in [9.17, 15) is 4.79 Å². The van der Waals surface area contributed by atoms with E-state index in [1.807, 2.05) is 19.0 Å². The first-order valence-corrected chi connectivity index (χ1v) is 4.46. The summed E-state index contributed by atoms with van der Waals surface area (Å²) in [7, 11) is 3.88. The Morgan fingerprint density at radius 2 is 2.00 bits per heavy atom. The van der Waals surface area contributed by atoms with Gasteiger partial charge in [0.2, 0.25) is 0 Å². The van der Waals surface area contributed by atoms with E-state index in [4.69, 9.17) is 5.73 Å². The number of hydrogen-bond donors (Lipinski definition) is 1. The summed E-state index contributed by atoms with van der Waals surface area (Å²) in [5.74, 6) is 0.247. The third kappa shape index (κ3) is 4.46. The minimum Gasteiger partial charge on any atom is -0.330 e. The average molecular weight is 172 g/mol. The Morgan fingerprint density at radius 1 is 1.42 bits per heavy atom. The zero-order valence-electron chi connectivity index (χ0n) is 8.34. The molecule has 0 aliphatic rings. The molecule has 3 nitrogen and oxygen atoms in total. The lowest BCUT2D eigenvalue weighted by Crippen LogP contribution is -2.34. The monoisotopic (exact) mass is 172 g/mol. The molecule has 72 valence electrons. The summed E-state index contributed by atoms with van der Waals surface area (Å²) in [6, 6.07) is 0.0801. The molecule has 0 unspecified atom stereocenters. The van der Waals surface area contributed by atoms with Crippen LogP contribution in [0.3, 0.4) is 0 Å². The third-order valence-electron chi connectivity index (χ3n) is 2.02. The van der Waals surface area contributed by atoms with Gasteiger partial charge in [0.15, 0.2) is 0 Å². The molecule has 0 bridgehead atoms. The van der Waals surface area contributed by atoms with E-state index in [0.29, 0.717) is 0 Å². The van der Waals surface area contributed by atoms with E-state index < -0.39 is 0 Å². The highest BCUT2D eigenvalue weighted by Crippen LogP contribution is 2.06. The number of ketones is 1. The fraction of sp³-hybridized carbons (Fsp3) is 0.889. The highest BCUT2D eigenvalue weighted by molar-refractivity contribution is 5.81. The third-order valence-corrected chi connectivity index (χ3v) is 2.02. The first-order valence-electron chi connectivity index (χ1n) is 4.46. The van der Waals surface area contributed by atoms with Crippen LogP contribution in [0.1, 0.15) is 26.2 Å². The summed E-state index contributed by atoms with van der Waals surface area (Å²) >= 11 is 0. The van der Waals surface area contributed by atoms with Crippen LogP contribution < -0.4 is 5.73 Å². The molecule has 0 amide bonds. The van der Waals surface area contributed by atoms with Crippen molar-refractivity contribution in [3.63, 3.8) is 0 Å². The maximum atomic E-state index is 11.1. The summed E-state index contributed by atoms with van der Waals surface area (Å²) in [5, 5.41) is 0. The molecule has 0 fully saturated rings. The molecule has 0 saturated carbocycles. The number of likely N-dealkylation sites (N-methyl/N-ethyl adjacent to an activating group) is 1. The van der Waals surface area contributed by atoms with Crippen molar-refractivity contribution >= 4 is 5.78 Å². The maximum absolute atomic E-state index is 11.1. The zero-order valence-corrected chi connectivity index (χ0v) is 8.34. The van der Waals surface area contributed by atoms with Gasteiger partial charge in [-0.25, -0.2) is 0 Å². The smallest absolute Gasteiger partial charge is 0.146 e. The number of rotatable bonds is 6. The van der Waals surface area contributed by atoms with E-state index in [0.717, 1.165) is 25.8 Å². The molecule has 0 saturated heterocycles. The second-order valence-corrected chi connectivity index (χ2v) is 3.37. The van der Waals surface area contributed by atoms with Crippen LogP contribution in [0.5, 0.6) is 0 Å². The van der Waals surface area contributed by atoms with Gasteiger partial charge in [-0.2, -0.15) is 0 Å². The number of nitrogens with zero attached hydrogens (tertiary/aromatic N) is 1. The van der Waals surface area contributed by atoms with Crippen molar-refractivity contribution in [1.82, 2.24) is 4.90 Å². The Bertz CT molecular complexity index is 134. The molecular weight excluding hydrogens is 152 g/mol. The van der Waals surface area contributed by atoms with Crippen LogP contribution in [0.2, 0.25) is 0 Å². The van der Waals surface area contributed by atoms with Crippen LogP contribution in [0.4, 0.5) is 0 Å².